The highest BCUT2D eigenvalue weighted by Gasteiger charge is 2.20. The third-order valence-corrected chi connectivity index (χ3v) is 4.25. The maximum Gasteiger partial charge on any atom is 0.296 e. The van der Waals surface area contributed by atoms with E-state index in [2.05, 4.69) is 15.2 Å². The first kappa shape index (κ1) is 21.9. The fourth-order valence-corrected chi connectivity index (χ4v) is 2.73. The lowest BCUT2D eigenvalue weighted by molar-refractivity contribution is 0.298. The van der Waals surface area contributed by atoms with E-state index in [-0.39, 0.29) is 35.3 Å². The van der Waals surface area contributed by atoms with Crippen LogP contribution >= 0.6 is 0 Å². The van der Waals surface area contributed by atoms with Crippen molar-refractivity contribution >= 4 is 0 Å². The molecule has 0 saturated heterocycles. The number of rotatable bonds is 6. The second-order valence-corrected chi connectivity index (χ2v) is 6.42. The minimum Gasteiger partial charge on any atom is -0.481 e. The van der Waals surface area contributed by atoms with Gasteiger partial charge in [-0.2, -0.15) is 0 Å². The lowest BCUT2D eigenvalue weighted by Gasteiger charge is -2.09. The number of hydrogen-bond donors (Lipinski definition) is 0. The molecule has 0 bridgehead atoms. The van der Waals surface area contributed by atoms with Crippen LogP contribution in [0.5, 0.6) is 5.75 Å². The van der Waals surface area contributed by atoms with Crippen LogP contribution in [0.3, 0.4) is 0 Å². The zero-order valence-electron chi connectivity index (χ0n) is 17.6. The number of aryl methyl sites for hydroxylation is 1. The molecule has 0 atom stereocenters. The van der Waals surface area contributed by atoms with Crippen LogP contribution in [-0.2, 0) is 20.1 Å². The Morgan fingerprint density at radius 3 is 2.42 bits per heavy atom. The number of benzene rings is 2. The Labute approximate surface area is 179 Å². The van der Waals surface area contributed by atoms with Crippen LogP contribution in [0.2, 0.25) is 0 Å². The molecule has 0 amide bonds. The van der Waals surface area contributed by atoms with Gasteiger partial charge >= 0.3 is 0 Å². The van der Waals surface area contributed by atoms with Gasteiger partial charge in [-0.1, -0.05) is 56.3 Å². The van der Waals surface area contributed by atoms with E-state index in [1.165, 1.54) is 23.0 Å². The topological polar surface area (TPSA) is 83.0 Å². The molecule has 160 valence electrons. The van der Waals surface area contributed by atoms with Gasteiger partial charge in [0, 0.05) is 7.05 Å². The van der Waals surface area contributed by atoms with E-state index in [1.807, 2.05) is 44.2 Å². The van der Waals surface area contributed by atoms with E-state index in [9.17, 15) is 9.18 Å². The Kier molecular flexibility index (Phi) is 7.26. The molecule has 0 unspecified atom stereocenters. The molecule has 0 fully saturated rings. The van der Waals surface area contributed by atoms with Gasteiger partial charge in [0.05, 0.1) is 12.7 Å². The molecule has 0 saturated carbocycles. The van der Waals surface area contributed by atoms with Gasteiger partial charge in [-0.05, 0) is 23.3 Å². The van der Waals surface area contributed by atoms with Crippen molar-refractivity contribution in [1.82, 2.24) is 19.7 Å². The summed E-state index contributed by atoms with van der Waals surface area (Å²) >= 11 is 0. The molecular formula is C23H23FN4O3. The largest absolute Gasteiger partial charge is 0.481 e. The number of hydrogen-bond acceptors (Lipinski definition) is 6. The fourth-order valence-electron chi connectivity index (χ4n) is 2.73. The molecule has 0 spiro atoms. The van der Waals surface area contributed by atoms with Crippen molar-refractivity contribution in [2.75, 3.05) is 0 Å². The summed E-state index contributed by atoms with van der Waals surface area (Å²) in [7, 11) is 1.59. The first-order valence-electron chi connectivity index (χ1n) is 9.89. The van der Waals surface area contributed by atoms with Crippen molar-refractivity contribution in [2.24, 2.45) is 7.05 Å². The summed E-state index contributed by atoms with van der Waals surface area (Å²) in [5, 5.41) is 8.01. The smallest absolute Gasteiger partial charge is 0.296 e. The Hall–Kier alpha value is -3.81. The molecule has 2 aromatic heterocycles. The third kappa shape index (κ3) is 5.42. The molecule has 7 nitrogen and oxygen atoms in total. The quantitative estimate of drug-likeness (QED) is 0.464. The van der Waals surface area contributed by atoms with E-state index in [0.717, 1.165) is 11.1 Å². The van der Waals surface area contributed by atoms with Gasteiger partial charge in [-0.3, -0.25) is 9.36 Å². The van der Waals surface area contributed by atoms with Crippen LogP contribution in [0.15, 0.2) is 70.1 Å². The zero-order valence-corrected chi connectivity index (χ0v) is 17.6. The van der Waals surface area contributed by atoms with Crippen molar-refractivity contribution in [1.29, 1.82) is 0 Å². The Bertz CT molecular complexity index is 1170. The Morgan fingerprint density at radius 2 is 1.71 bits per heavy atom. The number of halogens is 1. The molecule has 2 heterocycles. The van der Waals surface area contributed by atoms with E-state index in [4.69, 9.17) is 9.15 Å². The third-order valence-electron chi connectivity index (χ3n) is 4.25. The average molecular weight is 422 g/mol. The Balaban J connectivity index is 0.00000132. The van der Waals surface area contributed by atoms with Crippen LogP contribution in [0, 0.1) is 5.82 Å². The summed E-state index contributed by atoms with van der Waals surface area (Å²) in [4.78, 5) is 16.8. The minimum absolute atomic E-state index is 0.0378. The molecule has 2 aromatic carbocycles. The van der Waals surface area contributed by atoms with E-state index < -0.39 is 0 Å². The van der Waals surface area contributed by atoms with Gasteiger partial charge in [0.15, 0.2) is 5.69 Å². The van der Waals surface area contributed by atoms with Gasteiger partial charge in [0.2, 0.25) is 11.6 Å². The zero-order chi connectivity index (χ0) is 22.2. The SMILES string of the molecule is CC.Cn1cnc(-c2nnc(Cc3ccc(F)cc3)o2)c(OCc2ccccc2)c1=O. The molecule has 0 aliphatic heterocycles. The molecule has 0 radical (unpaired) electrons. The molecule has 8 heteroatoms. The number of aromatic nitrogens is 4. The molecular weight excluding hydrogens is 399 g/mol. The minimum atomic E-state index is -0.357. The predicted molar refractivity (Wildman–Crippen MR) is 114 cm³/mol. The van der Waals surface area contributed by atoms with E-state index in [1.54, 1.807) is 19.2 Å². The second-order valence-electron chi connectivity index (χ2n) is 6.42. The molecule has 4 rings (SSSR count). The van der Waals surface area contributed by atoms with Crippen molar-refractivity contribution in [3.05, 3.63) is 94.1 Å². The summed E-state index contributed by atoms with van der Waals surface area (Å²) in [5.41, 5.74) is 1.55. The lowest BCUT2D eigenvalue weighted by Crippen LogP contribution is -2.20. The van der Waals surface area contributed by atoms with Gasteiger partial charge < -0.3 is 9.15 Å². The predicted octanol–water partition coefficient (Wildman–Crippen LogP) is 4.17. The van der Waals surface area contributed by atoms with Gasteiger partial charge in [-0.15, -0.1) is 10.2 Å². The standard InChI is InChI=1S/C21H17FN4O3.C2H6/c1-26-13-23-18(19(21(26)27)28-12-15-5-3-2-4-6-15)20-25-24-17(29-20)11-14-7-9-16(22)10-8-14;1-2/h2-10,13H,11-12H2,1H3;1-2H3. The van der Waals surface area contributed by atoms with Gasteiger partial charge in [-0.25, -0.2) is 9.37 Å². The van der Waals surface area contributed by atoms with E-state index >= 15 is 0 Å². The van der Waals surface area contributed by atoms with Crippen molar-refractivity contribution in [3.63, 3.8) is 0 Å². The normalized spacial score (nSPS) is 10.3. The average Bonchev–Trinajstić information content (AvgIpc) is 3.26. The summed E-state index contributed by atoms with van der Waals surface area (Å²) in [6.45, 7) is 4.20. The number of nitrogens with zero attached hydrogens (tertiary/aromatic N) is 4. The molecule has 4 aromatic rings. The van der Waals surface area contributed by atoms with Crippen LogP contribution in [0.1, 0.15) is 30.9 Å². The van der Waals surface area contributed by atoms with Crippen molar-refractivity contribution < 1.29 is 13.5 Å². The molecule has 0 N–H and O–H groups in total. The summed E-state index contributed by atoms with van der Waals surface area (Å²) in [6.07, 6.45) is 1.70. The monoisotopic (exact) mass is 422 g/mol. The molecule has 0 aliphatic rings. The second kappa shape index (κ2) is 10.3. The Morgan fingerprint density at radius 1 is 1.00 bits per heavy atom. The van der Waals surface area contributed by atoms with Crippen LogP contribution in [0.25, 0.3) is 11.6 Å². The fraction of sp³-hybridized carbons (Fsp3) is 0.217. The number of ether oxygens (including phenoxy) is 1. The highest BCUT2D eigenvalue weighted by Crippen LogP contribution is 2.24. The highest BCUT2D eigenvalue weighted by atomic mass is 19.1. The van der Waals surface area contributed by atoms with Gasteiger partial charge in [0.25, 0.3) is 11.4 Å². The molecule has 0 aliphatic carbocycles. The van der Waals surface area contributed by atoms with Crippen molar-refractivity contribution in [2.45, 2.75) is 26.9 Å². The first-order valence-corrected chi connectivity index (χ1v) is 9.89. The van der Waals surface area contributed by atoms with Crippen LogP contribution in [0.4, 0.5) is 4.39 Å². The summed E-state index contributed by atoms with van der Waals surface area (Å²) in [5.74, 6) is 0.131. The van der Waals surface area contributed by atoms with E-state index in [0.29, 0.717) is 12.3 Å². The summed E-state index contributed by atoms with van der Waals surface area (Å²) < 4.78 is 25.8. The molecule has 31 heavy (non-hydrogen) atoms. The lowest BCUT2D eigenvalue weighted by atomic mass is 10.1. The van der Waals surface area contributed by atoms with Crippen molar-refractivity contribution in [3.8, 4) is 17.3 Å². The van der Waals surface area contributed by atoms with Crippen LogP contribution < -0.4 is 10.3 Å². The van der Waals surface area contributed by atoms with Crippen LogP contribution in [-0.4, -0.2) is 19.7 Å². The summed E-state index contributed by atoms with van der Waals surface area (Å²) in [6, 6.07) is 15.5. The highest BCUT2D eigenvalue weighted by molar-refractivity contribution is 5.55. The maximum atomic E-state index is 13.1. The first-order chi connectivity index (χ1) is 15.1. The maximum absolute atomic E-state index is 13.1. The van der Waals surface area contributed by atoms with Gasteiger partial charge in [0.1, 0.15) is 12.4 Å².